The third kappa shape index (κ3) is 5.62. The fourth-order valence-corrected chi connectivity index (χ4v) is 1.12. The van der Waals surface area contributed by atoms with Crippen molar-refractivity contribution in [1.82, 2.24) is 5.32 Å². The van der Waals surface area contributed by atoms with Gasteiger partial charge in [0.1, 0.15) is 5.54 Å². The zero-order valence-corrected chi connectivity index (χ0v) is 9.81. The van der Waals surface area contributed by atoms with Crippen LogP contribution >= 0.6 is 0 Å². The molecule has 17 heavy (non-hydrogen) atoms. The predicted octanol–water partition coefficient (Wildman–Crippen LogP) is -1.84. The van der Waals surface area contributed by atoms with Gasteiger partial charge in [-0.05, 0) is 6.42 Å². The SMILES string of the molecule is COC(=O)CCCC(=O)NC(CO)(CO)CO. The van der Waals surface area contributed by atoms with Crippen LogP contribution in [0, 0.1) is 0 Å². The lowest BCUT2D eigenvalue weighted by molar-refractivity contribution is -0.140. The summed E-state index contributed by atoms with van der Waals surface area (Å²) in [5, 5.41) is 29.2. The number of aliphatic hydroxyl groups is 3. The highest BCUT2D eigenvalue weighted by Gasteiger charge is 2.29. The number of hydrogen-bond acceptors (Lipinski definition) is 6. The van der Waals surface area contributed by atoms with Crippen molar-refractivity contribution in [2.75, 3.05) is 26.9 Å². The number of hydrogen-bond donors (Lipinski definition) is 4. The first kappa shape index (κ1) is 15.8. The molecule has 100 valence electrons. The summed E-state index contributed by atoms with van der Waals surface area (Å²) in [5.74, 6) is -0.860. The summed E-state index contributed by atoms with van der Waals surface area (Å²) in [6.07, 6.45) is 0.474. The van der Waals surface area contributed by atoms with Crippen LogP contribution in [0.3, 0.4) is 0 Å². The molecule has 0 bridgehead atoms. The van der Waals surface area contributed by atoms with Crippen molar-refractivity contribution in [3.63, 3.8) is 0 Å². The van der Waals surface area contributed by atoms with Crippen molar-refractivity contribution in [3.8, 4) is 0 Å². The highest BCUT2D eigenvalue weighted by Crippen LogP contribution is 2.04. The summed E-state index contributed by atoms with van der Waals surface area (Å²) >= 11 is 0. The van der Waals surface area contributed by atoms with E-state index >= 15 is 0 Å². The lowest BCUT2D eigenvalue weighted by atomic mass is 10.0. The fourth-order valence-electron chi connectivity index (χ4n) is 1.12. The Morgan fingerprint density at radius 1 is 1.12 bits per heavy atom. The molecule has 0 aliphatic carbocycles. The third-order valence-corrected chi connectivity index (χ3v) is 2.32. The molecule has 0 aliphatic rings. The minimum absolute atomic E-state index is 0.0524. The Morgan fingerprint density at radius 2 is 1.65 bits per heavy atom. The maximum Gasteiger partial charge on any atom is 0.305 e. The van der Waals surface area contributed by atoms with E-state index in [1.165, 1.54) is 7.11 Å². The highest BCUT2D eigenvalue weighted by atomic mass is 16.5. The fraction of sp³-hybridized carbons (Fsp3) is 0.800. The van der Waals surface area contributed by atoms with E-state index in [4.69, 9.17) is 15.3 Å². The maximum atomic E-state index is 11.4. The Labute approximate surface area is 99.4 Å². The maximum absolute atomic E-state index is 11.4. The molecular formula is C10H19NO6. The van der Waals surface area contributed by atoms with Crippen LogP contribution in [0.15, 0.2) is 0 Å². The minimum atomic E-state index is -1.41. The van der Waals surface area contributed by atoms with E-state index in [9.17, 15) is 9.59 Å². The number of methoxy groups -OCH3 is 1. The van der Waals surface area contributed by atoms with Crippen molar-refractivity contribution in [2.24, 2.45) is 0 Å². The van der Waals surface area contributed by atoms with E-state index < -0.39 is 37.2 Å². The summed E-state index contributed by atoms with van der Waals surface area (Å²) in [6, 6.07) is 0. The zero-order valence-electron chi connectivity index (χ0n) is 9.81. The molecule has 1 amide bonds. The number of ether oxygens (including phenoxy) is 1. The quantitative estimate of drug-likeness (QED) is 0.376. The first-order valence-corrected chi connectivity index (χ1v) is 5.24. The van der Waals surface area contributed by atoms with Gasteiger partial charge in [-0.1, -0.05) is 0 Å². The molecule has 0 rings (SSSR count). The minimum Gasteiger partial charge on any atom is -0.469 e. The Bertz CT molecular complexity index is 243. The molecule has 0 spiro atoms. The van der Waals surface area contributed by atoms with Crippen molar-refractivity contribution < 1.29 is 29.6 Å². The van der Waals surface area contributed by atoms with Crippen LogP contribution in [-0.2, 0) is 14.3 Å². The van der Waals surface area contributed by atoms with Crippen LogP contribution in [0.25, 0.3) is 0 Å². The number of amides is 1. The van der Waals surface area contributed by atoms with E-state index in [-0.39, 0.29) is 12.8 Å². The van der Waals surface area contributed by atoms with Crippen molar-refractivity contribution in [3.05, 3.63) is 0 Å². The van der Waals surface area contributed by atoms with Gasteiger partial charge < -0.3 is 25.4 Å². The van der Waals surface area contributed by atoms with E-state index in [2.05, 4.69) is 10.1 Å². The molecule has 7 nitrogen and oxygen atoms in total. The lowest BCUT2D eigenvalue weighted by Gasteiger charge is -2.28. The van der Waals surface area contributed by atoms with Crippen LogP contribution < -0.4 is 5.32 Å². The number of carbonyl (C=O) groups is 2. The number of esters is 1. The second-order valence-corrected chi connectivity index (χ2v) is 3.73. The molecule has 4 N–H and O–H groups in total. The Balaban J connectivity index is 4.03. The Morgan fingerprint density at radius 3 is 2.06 bits per heavy atom. The second-order valence-electron chi connectivity index (χ2n) is 3.73. The number of carbonyl (C=O) groups excluding carboxylic acids is 2. The van der Waals surface area contributed by atoms with E-state index in [1.54, 1.807) is 0 Å². The molecule has 0 fully saturated rings. The number of aliphatic hydroxyl groups excluding tert-OH is 3. The molecule has 0 unspecified atom stereocenters. The van der Waals surface area contributed by atoms with Crippen LogP contribution in [0.1, 0.15) is 19.3 Å². The molecule has 7 heteroatoms. The van der Waals surface area contributed by atoms with Gasteiger partial charge in [-0.3, -0.25) is 9.59 Å². The monoisotopic (exact) mass is 249 g/mol. The molecule has 0 saturated carbocycles. The van der Waals surface area contributed by atoms with Crippen molar-refractivity contribution in [2.45, 2.75) is 24.8 Å². The largest absolute Gasteiger partial charge is 0.469 e. The molecular weight excluding hydrogens is 230 g/mol. The highest BCUT2D eigenvalue weighted by molar-refractivity contribution is 5.77. The summed E-state index contributed by atoms with van der Waals surface area (Å²) in [7, 11) is 1.26. The summed E-state index contributed by atoms with van der Waals surface area (Å²) in [6.45, 7) is -1.70. The van der Waals surface area contributed by atoms with Gasteiger partial charge >= 0.3 is 5.97 Å². The normalized spacial score (nSPS) is 11.1. The molecule has 0 heterocycles. The summed E-state index contributed by atoms with van der Waals surface area (Å²) in [4.78, 5) is 22.2. The molecule has 0 saturated heterocycles. The molecule has 0 aliphatic heterocycles. The first-order valence-electron chi connectivity index (χ1n) is 5.24. The third-order valence-electron chi connectivity index (χ3n) is 2.32. The van der Waals surface area contributed by atoms with Gasteiger partial charge in [-0.25, -0.2) is 0 Å². The van der Waals surface area contributed by atoms with Crippen LogP contribution in [-0.4, -0.2) is 59.7 Å². The van der Waals surface area contributed by atoms with Gasteiger partial charge in [0.2, 0.25) is 5.91 Å². The van der Waals surface area contributed by atoms with Gasteiger partial charge in [0.05, 0.1) is 26.9 Å². The summed E-state index contributed by atoms with van der Waals surface area (Å²) < 4.78 is 4.41. The molecule has 0 aromatic carbocycles. The Hall–Kier alpha value is -1.18. The first-order chi connectivity index (χ1) is 8.03. The average Bonchev–Trinajstić information content (AvgIpc) is 2.36. The smallest absolute Gasteiger partial charge is 0.305 e. The van der Waals surface area contributed by atoms with Gasteiger partial charge in [0, 0.05) is 12.8 Å². The summed E-state index contributed by atoms with van der Waals surface area (Å²) in [5.41, 5.74) is -1.41. The second kappa shape index (κ2) is 7.99. The van der Waals surface area contributed by atoms with Crippen LogP contribution in [0.5, 0.6) is 0 Å². The van der Waals surface area contributed by atoms with Crippen molar-refractivity contribution in [1.29, 1.82) is 0 Å². The van der Waals surface area contributed by atoms with Gasteiger partial charge in [0.15, 0.2) is 0 Å². The number of rotatable bonds is 8. The van der Waals surface area contributed by atoms with Gasteiger partial charge in [-0.15, -0.1) is 0 Å². The van der Waals surface area contributed by atoms with E-state index in [0.717, 1.165) is 0 Å². The van der Waals surface area contributed by atoms with E-state index in [1.807, 2.05) is 0 Å². The molecule has 0 aromatic heterocycles. The zero-order chi connectivity index (χ0) is 13.3. The van der Waals surface area contributed by atoms with Gasteiger partial charge in [-0.2, -0.15) is 0 Å². The van der Waals surface area contributed by atoms with E-state index in [0.29, 0.717) is 6.42 Å². The van der Waals surface area contributed by atoms with Crippen LogP contribution in [0.4, 0.5) is 0 Å². The Kier molecular flexibility index (Phi) is 7.44. The molecule has 0 atom stereocenters. The number of nitrogens with one attached hydrogen (secondary N) is 1. The average molecular weight is 249 g/mol. The lowest BCUT2D eigenvalue weighted by Crippen LogP contribution is -2.57. The molecule has 0 aromatic rings. The van der Waals surface area contributed by atoms with Crippen molar-refractivity contribution >= 4 is 11.9 Å². The van der Waals surface area contributed by atoms with Crippen LogP contribution in [0.2, 0.25) is 0 Å². The standard InChI is InChI=1S/C10H19NO6/c1-17-9(16)4-2-3-8(15)11-10(5-12,6-13)7-14/h12-14H,2-7H2,1H3,(H,11,15). The predicted molar refractivity (Wildman–Crippen MR) is 58.0 cm³/mol. The molecule has 0 radical (unpaired) electrons. The topological polar surface area (TPSA) is 116 Å². The van der Waals surface area contributed by atoms with Gasteiger partial charge in [0.25, 0.3) is 0 Å².